The van der Waals surface area contributed by atoms with E-state index < -0.39 is 0 Å². The maximum Gasteiger partial charge on any atom is 0.285 e. The lowest BCUT2D eigenvalue weighted by Crippen LogP contribution is -2.15. The first kappa shape index (κ1) is 4.43. The van der Waals surface area contributed by atoms with Crippen LogP contribution in [-0.4, -0.2) is 19.7 Å². The molecule has 2 radical (unpaired) electrons. The molecule has 1 N–H and O–H groups in total. The lowest BCUT2D eigenvalue weighted by molar-refractivity contribution is 0.390. The summed E-state index contributed by atoms with van der Waals surface area (Å²) in [6, 6.07) is 0.556. The SMILES string of the molecule is COC1=NC[C]N1. The smallest absolute Gasteiger partial charge is 0.285 e. The Labute approximate surface area is 42.4 Å². The summed E-state index contributed by atoms with van der Waals surface area (Å²) in [7, 11) is 1.57. The number of nitrogens with zero attached hydrogens (tertiary/aromatic N) is 1. The summed E-state index contributed by atoms with van der Waals surface area (Å²) in [6.45, 7) is 3.34. The molecule has 0 aromatic rings. The molecule has 0 amide bonds. The first-order valence-electron chi connectivity index (χ1n) is 2.01. The van der Waals surface area contributed by atoms with Gasteiger partial charge in [-0.1, -0.05) is 0 Å². The maximum absolute atomic E-state index is 4.69. The number of rotatable bonds is 0. The second kappa shape index (κ2) is 1.82. The fraction of sp³-hybridized carbons (Fsp3) is 0.500. The maximum atomic E-state index is 4.69. The van der Waals surface area contributed by atoms with Crippen molar-refractivity contribution in [1.29, 1.82) is 0 Å². The third-order valence-corrected chi connectivity index (χ3v) is 0.690. The van der Waals surface area contributed by atoms with E-state index >= 15 is 0 Å². The molecule has 1 heterocycles. The molecule has 7 heavy (non-hydrogen) atoms. The zero-order valence-electron chi connectivity index (χ0n) is 4.06. The Bertz CT molecular complexity index is 89.7. The monoisotopic (exact) mass is 98.0 g/mol. The Morgan fingerprint density at radius 1 is 2.00 bits per heavy atom. The second-order valence-electron chi connectivity index (χ2n) is 1.13. The number of ether oxygens (including phenoxy) is 1. The molecule has 0 fully saturated rings. The normalized spacial score (nSPS) is 18.1. The van der Waals surface area contributed by atoms with Gasteiger partial charge in [0.25, 0.3) is 6.02 Å². The van der Waals surface area contributed by atoms with Gasteiger partial charge in [-0.2, -0.15) is 0 Å². The van der Waals surface area contributed by atoms with E-state index in [1.807, 2.05) is 0 Å². The van der Waals surface area contributed by atoms with Crippen LogP contribution in [0.1, 0.15) is 0 Å². The van der Waals surface area contributed by atoms with Crippen molar-refractivity contribution in [2.45, 2.75) is 0 Å². The number of aliphatic imine (C=N–C) groups is 1. The zero-order chi connectivity index (χ0) is 5.11. The van der Waals surface area contributed by atoms with E-state index in [4.69, 9.17) is 0 Å². The van der Waals surface area contributed by atoms with E-state index in [1.165, 1.54) is 0 Å². The Balaban J connectivity index is 2.36. The van der Waals surface area contributed by atoms with Gasteiger partial charge in [-0.3, -0.25) is 0 Å². The molecule has 0 spiro atoms. The Morgan fingerprint density at radius 2 is 2.86 bits per heavy atom. The van der Waals surface area contributed by atoms with Crippen molar-refractivity contribution in [3.8, 4) is 0 Å². The fourth-order valence-corrected chi connectivity index (χ4v) is 0.382. The van der Waals surface area contributed by atoms with Crippen LogP contribution in [0, 0.1) is 6.54 Å². The van der Waals surface area contributed by atoms with E-state index in [-0.39, 0.29) is 0 Å². The summed E-state index contributed by atoms with van der Waals surface area (Å²) in [5.74, 6) is 0. The van der Waals surface area contributed by atoms with Gasteiger partial charge in [-0.15, -0.1) is 0 Å². The first-order chi connectivity index (χ1) is 3.43. The van der Waals surface area contributed by atoms with Crippen LogP contribution in [0.15, 0.2) is 4.99 Å². The van der Waals surface area contributed by atoms with Crippen LogP contribution in [0.25, 0.3) is 0 Å². The number of hydrogen-bond acceptors (Lipinski definition) is 3. The molecule has 1 aliphatic heterocycles. The van der Waals surface area contributed by atoms with E-state index in [0.717, 1.165) is 0 Å². The number of amidine groups is 1. The predicted molar refractivity (Wildman–Crippen MR) is 25.7 cm³/mol. The fourth-order valence-electron chi connectivity index (χ4n) is 0.382. The van der Waals surface area contributed by atoms with Crippen LogP contribution < -0.4 is 5.32 Å². The van der Waals surface area contributed by atoms with Crippen molar-refractivity contribution in [2.75, 3.05) is 13.7 Å². The zero-order valence-corrected chi connectivity index (χ0v) is 4.06. The molecule has 0 bridgehead atoms. The lowest BCUT2D eigenvalue weighted by atomic mass is 10.7. The Morgan fingerprint density at radius 3 is 3.14 bits per heavy atom. The van der Waals surface area contributed by atoms with Crippen molar-refractivity contribution < 1.29 is 4.74 Å². The quantitative estimate of drug-likeness (QED) is 0.448. The lowest BCUT2D eigenvalue weighted by Gasteiger charge is -1.93. The molecule has 1 rings (SSSR count). The van der Waals surface area contributed by atoms with Gasteiger partial charge in [-0.05, 0) is 0 Å². The van der Waals surface area contributed by atoms with Crippen LogP contribution in [0.4, 0.5) is 0 Å². The van der Waals surface area contributed by atoms with Crippen molar-refractivity contribution in [3.63, 3.8) is 0 Å². The van der Waals surface area contributed by atoms with Crippen LogP contribution >= 0.6 is 0 Å². The van der Waals surface area contributed by atoms with Gasteiger partial charge in [0.15, 0.2) is 0 Å². The van der Waals surface area contributed by atoms with E-state index in [9.17, 15) is 0 Å². The van der Waals surface area contributed by atoms with E-state index in [1.54, 1.807) is 7.11 Å². The van der Waals surface area contributed by atoms with Gasteiger partial charge >= 0.3 is 0 Å². The second-order valence-corrected chi connectivity index (χ2v) is 1.13. The van der Waals surface area contributed by atoms with Crippen molar-refractivity contribution in [2.24, 2.45) is 4.99 Å². The van der Waals surface area contributed by atoms with Crippen LogP contribution in [0.5, 0.6) is 0 Å². The van der Waals surface area contributed by atoms with Crippen molar-refractivity contribution >= 4 is 6.02 Å². The third kappa shape index (κ3) is 0.824. The predicted octanol–water partition coefficient (Wildman–Crippen LogP) is -0.369. The standard InChI is InChI=1S/C4H6N2O/c1-7-4-5-2-3-6-4/h2H2,1H3,(H,5,6). The van der Waals surface area contributed by atoms with Crippen LogP contribution in [-0.2, 0) is 4.74 Å². The third-order valence-electron chi connectivity index (χ3n) is 0.690. The summed E-state index contributed by atoms with van der Waals surface area (Å²) < 4.78 is 4.69. The van der Waals surface area contributed by atoms with Gasteiger partial charge in [0.2, 0.25) is 0 Å². The topological polar surface area (TPSA) is 33.6 Å². The van der Waals surface area contributed by atoms with Gasteiger partial charge in [0, 0.05) is 0 Å². The molecular formula is C4H6N2O. The molecule has 0 saturated heterocycles. The molecule has 38 valence electrons. The summed E-state index contributed by atoms with van der Waals surface area (Å²) >= 11 is 0. The molecule has 0 saturated carbocycles. The number of nitrogens with one attached hydrogen (secondary N) is 1. The average molecular weight is 98.1 g/mol. The molecule has 0 atom stereocenters. The largest absolute Gasteiger partial charge is 0.469 e. The van der Waals surface area contributed by atoms with Crippen LogP contribution in [0.2, 0.25) is 0 Å². The molecule has 3 heteroatoms. The van der Waals surface area contributed by atoms with Crippen molar-refractivity contribution in [1.82, 2.24) is 5.32 Å². The van der Waals surface area contributed by atoms with E-state index in [0.29, 0.717) is 12.6 Å². The molecule has 0 aliphatic carbocycles. The van der Waals surface area contributed by atoms with E-state index in [2.05, 4.69) is 21.6 Å². The summed E-state index contributed by atoms with van der Waals surface area (Å²) in [4.78, 5) is 3.83. The highest BCUT2D eigenvalue weighted by Crippen LogP contribution is 1.87. The summed E-state index contributed by atoms with van der Waals surface area (Å²) in [5.41, 5.74) is 0. The van der Waals surface area contributed by atoms with Gasteiger partial charge in [-0.25, -0.2) is 4.99 Å². The Hall–Kier alpha value is -0.730. The molecule has 3 nitrogen and oxygen atoms in total. The van der Waals surface area contributed by atoms with Gasteiger partial charge in [0.1, 0.15) is 6.54 Å². The highest BCUT2D eigenvalue weighted by molar-refractivity contribution is 5.75. The first-order valence-corrected chi connectivity index (χ1v) is 2.01. The highest BCUT2D eigenvalue weighted by Gasteiger charge is 2.02. The molecule has 1 aliphatic rings. The summed E-state index contributed by atoms with van der Waals surface area (Å²) in [5, 5.41) is 2.68. The minimum absolute atomic E-state index is 0.556. The Kier molecular flexibility index (Phi) is 1.15. The molecule has 0 unspecified atom stereocenters. The molecule has 0 aromatic heterocycles. The van der Waals surface area contributed by atoms with Crippen LogP contribution in [0.3, 0.4) is 0 Å². The highest BCUT2D eigenvalue weighted by atomic mass is 16.5. The average Bonchev–Trinajstić information content (AvgIpc) is 2.14. The number of hydrogen-bond donors (Lipinski definition) is 1. The van der Waals surface area contributed by atoms with Gasteiger partial charge in [0.05, 0.1) is 13.7 Å². The number of methoxy groups -OCH3 is 1. The summed E-state index contributed by atoms with van der Waals surface area (Å²) in [6.07, 6.45) is 0. The van der Waals surface area contributed by atoms with Crippen molar-refractivity contribution in [3.05, 3.63) is 6.54 Å². The molecule has 0 aromatic carbocycles. The minimum Gasteiger partial charge on any atom is -0.469 e. The van der Waals surface area contributed by atoms with Gasteiger partial charge < -0.3 is 10.1 Å². The minimum atomic E-state index is 0.556. The molecular weight excluding hydrogens is 92.1 g/mol.